The van der Waals surface area contributed by atoms with Crippen LogP contribution in [0.15, 0.2) is 42.5 Å². The molecule has 0 aliphatic rings. The minimum Gasteiger partial charge on any atom is -0.494 e. The molecule has 1 amide bonds. The number of ether oxygens (including phenoxy) is 2. The van der Waals surface area contributed by atoms with Gasteiger partial charge in [-0.15, -0.1) is 0 Å². The van der Waals surface area contributed by atoms with Crippen LogP contribution in [-0.4, -0.2) is 36.7 Å². The Kier molecular flexibility index (Phi) is 7.29. The maximum atomic E-state index is 12.3. The first kappa shape index (κ1) is 19.6. The number of amides is 1. The highest BCUT2D eigenvalue weighted by Crippen LogP contribution is 2.23. The number of aliphatic carboxylic acids is 1. The van der Waals surface area contributed by atoms with Gasteiger partial charge in [-0.25, -0.2) is 4.79 Å². The first-order valence-electron chi connectivity index (χ1n) is 8.13. The molecule has 2 rings (SSSR count). The van der Waals surface area contributed by atoms with Crippen LogP contribution in [0.2, 0.25) is 5.02 Å². The normalized spacial score (nSPS) is 10.2. The van der Waals surface area contributed by atoms with E-state index in [1.54, 1.807) is 24.3 Å². The van der Waals surface area contributed by atoms with Gasteiger partial charge in [-0.3, -0.25) is 4.79 Å². The maximum Gasteiger partial charge on any atom is 0.341 e. The van der Waals surface area contributed by atoms with Crippen molar-refractivity contribution >= 4 is 23.5 Å². The molecule has 0 radical (unpaired) electrons. The third kappa shape index (κ3) is 5.97. The van der Waals surface area contributed by atoms with Crippen LogP contribution in [-0.2, 0) is 11.2 Å². The van der Waals surface area contributed by atoms with E-state index >= 15 is 0 Å². The van der Waals surface area contributed by atoms with Gasteiger partial charge in [0.2, 0.25) is 0 Å². The minimum absolute atomic E-state index is 0.272. The van der Waals surface area contributed by atoms with Crippen molar-refractivity contribution in [3.8, 4) is 11.5 Å². The predicted octanol–water partition coefficient (Wildman–Crippen LogP) is 3.17. The highest BCUT2D eigenvalue weighted by atomic mass is 35.5. The Balaban J connectivity index is 1.94. The van der Waals surface area contributed by atoms with Crippen molar-refractivity contribution in [1.82, 2.24) is 5.32 Å². The number of nitrogens with one attached hydrogen (secondary N) is 1. The Morgan fingerprint density at radius 2 is 1.96 bits per heavy atom. The summed E-state index contributed by atoms with van der Waals surface area (Å²) < 4.78 is 10.6. The van der Waals surface area contributed by atoms with Crippen LogP contribution < -0.4 is 14.8 Å². The number of carbonyl (C=O) groups excluding carboxylic acids is 1. The zero-order chi connectivity index (χ0) is 18.9. The van der Waals surface area contributed by atoms with E-state index in [1.165, 1.54) is 6.07 Å². The number of hydrogen-bond donors (Lipinski definition) is 2. The van der Waals surface area contributed by atoms with Gasteiger partial charge in [0, 0.05) is 17.1 Å². The van der Waals surface area contributed by atoms with Crippen molar-refractivity contribution in [2.45, 2.75) is 13.3 Å². The lowest BCUT2D eigenvalue weighted by Crippen LogP contribution is -2.25. The molecule has 2 aromatic carbocycles. The molecule has 0 saturated heterocycles. The molecule has 2 aromatic rings. The summed E-state index contributed by atoms with van der Waals surface area (Å²) >= 11 is 6.03. The van der Waals surface area contributed by atoms with Gasteiger partial charge in [-0.1, -0.05) is 17.7 Å². The van der Waals surface area contributed by atoms with Crippen molar-refractivity contribution in [3.05, 3.63) is 58.6 Å². The smallest absolute Gasteiger partial charge is 0.341 e. The van der Waals surface area contributed by atoms with Crippen LogP contribution in [0.1, 0.15) is 22.8 Å². The third-order valence-electron chi connectivity index (χ3n) is 3.46. The number of rotatable bonds is 9. The molecule has 0 heterocycles. The topological polar surface area (TPSA) is 84.9 Å². The highest BCUT2D eigenvalue weighted by Gasteiger charge is 2.09. The Hall–Kier alpha value is -2.73. The largest absolute Gasteiger partial charge is 0.494 e. The van der Waals surface area contributed by atoms with E-state index in [4.69, 9.17) is 26.2 Å². The van der Waals surface area contributed by atoms with Gasteiger partial charge in [-0.2, -0.15) is 0 Å². The quantitative estimate of drug-likeness (QED) is 0.701. The van der Waals surface area contributed by atoms with Gasteiger partial charge >= 0.3 is 5.97 Å². The molecule has 2 N–H and O–H groups in total. The number of hydrogen-bond acceptors (Lipinski definition) is 4. The summed E-state index contributed by atoms with van der Waals surface area (Å²) in [6.45, 7) is 2.39. The lowest BCUT2D eigenvalue weighted by atomic mass is 10.1. The molecule has 0 saturated carbocycles. The van der Waals surface area contributed by atoms with Crippen LogP contribution in [0.3, 0.4) is 0 Å². The van der Waals surface area contributed by atoms with E-state index in [0.717, 1.165) is 11.3 Å². The summed E-state index contributed by atoms with van der Waals surface area (Å²) in [5.74, 6) is -0.277. The Morgan fingerprint density at radius 3 is 2.69 bits per heavy atom. The van der Waals surface area contributed by atoms with Gasteiger partial charge < -0.3 is 19.9 Å². The predicted molar refractivity (Wildman–Crippen MR) is 98.2 cm³/mol. The average molecular weight is 378 g/mol. The standard InChI is InChI=1S/C19H20ClNO5/c1-2-25-17-7-6-15(20)10-13(17)8-9-21-19(24)14-4-3-5-16(11-14)26-12-18(22)23/h3-7,10-11H,2,8-9,12H2,1H3,(H,21,24)(H,22,23). The monoisotopic (exact) mass is 377 g/mol. The molecule has 0 aliphatic heterocycles. The fourth-order valence-corrected chi connectivity index (χ4v) is 2.52. The molecule has 26 heavy (non-hydrogen) atoms. The fraction of sp³-hybridized carbons (Fsp3) is 0.263. The summed E-state index contributed by atoms with van der Waals surface area (Å²) in [7, 11) is 0. The molecule has 0 aliphatic carbocycles. The van der Waals surface area contributed by atoms with E-state index in [0.29, 0.717) is 35.9 Å². The lowest BCUT2D eigenvalue weighted by molar-refractivity contribution is -0.139. The molecule has 0 unspecified atom stereocenters. The number of benzene rings is 2. The summed E-state index contributed by atoms with van der Waals surface area (Å²) in [4.78, 5) is 22.8. The summed E-state index contributed by atoms with van der Waals surface area (Å²) in [6, 6.07) is 11.8. The first-order valence-corrected chi connectivity index (χ1v) is 8.51. The number of carboxylic acids is 1. The molecule has 0 spiro atoms. The van der Waals surface area contributed by atoms with E-state index in [9.17, 15) is 9.59 Å². The lowest BCUT2D eigenvalue weighted by Gasteiger charge is -2.11. The summed E-state index contributed by atoms with van der Waals surface area (Å²) in [6.07, 6.45) is 0.566. The number of carboxylic acid groups (broad SMARTS) is 1. The van der Waals surface area contributed by atoms with Gasteiger partial charge in [0.05, 0.1) is 6.61 Å². The van der Waals surface area contributed by atoms with Crippen molar-refractivity contribution in [2.24, 2.45) is 0 Å². The van der Waals surface area contributed by atoms with Crippen molar-refractivity contribution in [2.75, 3.05) is 19.8 Å². The fourth-order valence-electron chi connectivity index (χ4n) is 2.32. The van der Waals surface area contributed by atoms with E-state index in [-0.39, 0.29) is 5.91 Å². The molecular formula is C19H20ClNO5. The van der Waals surface area contributed by atoms with Crippen molar-refractivity contribution in [1.29, 1.82) is 0 Å². The van der Waals surface area contributed by atoms with Gasteiger partial charge in [-0.05, 0) is 55.3 Å². The molecule has 0 atom stereocenters. The molecule has 0 fully saturated rings. The average Bonchev–Trinajstić information content (AvgIpc) is 2.62. The molecule has 7 heteroatoms. The van der Waals surface area contributed by atoms with E-state index in [1.807, 2.05) is 19.1 Å². The van der Waals surface area contributed by atoms with Crippen LogP contribution >= 0.6 is 11.6 Å². The third-order valence-corrected chi connectivity index (χ3v) is 3.70. The molecule has 0 bridgehead atoms. The van der Waals surface area contributed by atoms with Crippen LogP contribution in [0, 0.1) is 0 Å². The minimum atomic E-state index is -1.08. The van der Waals surface area contributed by atoms with Crippen LogP contribution in [0.25, 0.3) is 0 Å². The number of halogens is 1. The molecule has 6 nitrogen and oxygen atoms in total. The molecule has 138 valence electrons. The van der Waals surface area contributed by atoms with Crippen LogP contribution in [0.5, 0.6) is 11.5 Å². The second-order valence-electron chi connectivity index (χ2n) is 5.40. The zero-order valence-electron chi connectivity index (χ0n) is 14.3. The SMILES string of the molecule is CCOc1ccc(Cl)cc1CCNC(=O)c1cccc(OCC(=O)O)c1. The number of carbonyl (C=O) groups is 2. The van der Waals surface area contributed by atoms with Crippen LogP contribution in [0.4, 0.5) is 0 Å². The summed E-state index contributed by atoms with van der Waals surface area (Å²) in [5, 5.41) is 12.1. The van der Waals surface area contributed by atoms with Crippen molar-refractivity contribution < 1.29 is 24.2 Å². The Bertz CT molecular complexity index is 778. The molecular weight excluding hydrogens is 358 g/mol. The maximum absolute atomic E-state index is 12.3. The zero-order valence-corrected chi connectivity index (χ0v) is 15.1. The Morgan fingerprint density at radius 1 is 1.15 bits per heavy atom. The van der Waals surface area contributed by atoms with E-state index in [2.05, 4.69) is 5.32 Å². The van der Waals surface area contributed by atoms with Gasteiger partial charge in [0.1, 0.15) is 11.5 Å². The molecule has 0 aromatic heterocycles. The second kappa shape index (κ2) is 9.68. The summed E-state index contributed by atoms with van der Waals surface area (Å²) in [5.41, 5.74) is 1.31. The Labute approximate surface area is 156 Å². The van der Waals surface area contributed by atoms with Crippen molar-refractivity contribution in [3.63, 3.8) is 0 Å². The first-order chi connectivity index (χ1) is 12.5. The van der Waals surface area contributed by atoms with Gasteiger partial charge in [0.15, 0.2) is 6.61 Å². The van der Waals surface area contributed by atoms with Gasteiger partial charge in [0.25, 0.3) is 5.91 Å². The highest BCUT2D eigenvalue weighted by molar-refractivity contribution is 6.30. The van der Waals surface area contributed by atoms with E-state index < -0.39 is 12.6 Å². The second-order valence-corrected chi connectivity index (χ2v) is 5.84.